The predicted molar refractivity (Wildman–Crippen MR) is 88.9 cm³/mol. The largest absolute Gasteiger partial charge is 0.494 e. The Kier molecular flexibility index (Phi) is 4.68. The van der Waals surface area contributed by atoms with Crippen LogP contribution < -0.4 is 10.2 Å². The lowest BCUT2D eigenvalue weighted by Gasteiger charge is -2.32. The molecule has 2 rings (SSSR count). The van der Waals surface area contributed by atoms with E-state index in [1.807, 2.05) is 33.8 Å². The van der Waals surface area contributed by atoms with Gasteiger partial charge in [-0.1, -0.05) is 17.7 Å². The quantitative estimate of drug-likeness (QED) is 0.844. The number of sulfonamides is 1. The van der Waals surface area contributed by atoms with Crippen molar-refractivity contribution in [1.29, 1.82) is 0 Å². The molecule has 8 heteroatoms. The number of hydrogen-bond donors (Lipinski definition) is 1. The molecule has 1 fully saturated rings. The first kappa shape index (κ1) is 17.8. The van der Waals surface area contributed by atoms with Crippen molar-refractivity contribution in [2.45, 2.75) is 45.4 Å². The lowest BCUT2D eigenvalue weighted by molar-refractivity contribution is 0.00578. The molecule has 1 aliphatic rings. The van der Waals surface area contributed by atoms with Crippen molar-refractivity contribution < 1.29 is 17.7 Å². The van der Waals surface area contributed by atoms with Crippen LogP contribution in [-0.2, 0) is 25.9 Å². The van der Waals surface area contributed by atoms with E-state index < -0.39 is 28.3 Å². The maximum Gasteiger partial charge on any atom is 0.494 e. The first-order chi connectivity index (χ1) is 9.90. The third-order valence-electron chi connectivity index (χ3n) is 4.04. The molecule has 1 aliphatic heterocycles. The van der Waals surface area contributed by atoms with E-state index in [1.54, 1.807) is 12.1 Å². The van der Waals surface area contributed by atoms with Crippen LogP contribution in [0.5, 0.6) is 0 Å². The minimum Gasteiger partial charge on any atom is -0.399 e. The molecular formula is C14H21BClNO4S. The molecule has 0 spiro atoms. The first-order valence-corrected chi connectivity index (χ1v) is 9.26. The van der Waals surface area contributed by atoms with Gasteiger partial charge in [0.1, 0.15) is 0 Å². The van der Waals surface area contributed by atoms with Gasteiger partial charge in [-0.15, -0.1) is 0 Å². The summed E-state index contributed by atoms with van der Waals surface area (Å²) in [6.45, 7) is 8.08. The van der Waals surface area contributed by atoms with Crippen molar-refractivity contribution in [3.63, 3.8) is 0 Å². The maximum absolute atomic E-state index is 11.2. The average molecular weight is 346 g/mol. The Morgan fingerprint density at radius 3 is 2.18 bits per heavy atom. The number of hydrogen-bond acceptors (Lipinski definition) is 4. The summed E-state index contributed by atoms with van der Waals surface area (Å²) in [6, 6.07) is 5.33. The first-order valence-electron chi connectivity index (χ1n) is 6.99. The van der Waals surface area contributed by atoms with E-state index in [4.69, 9.17) is 20.9 Å². The number of rotatable bonds is 4. The minimum absolute atomic E-state index is 0.173. The molecule has 0 unspecified atom stereocenters. The van der Waals surface area contributed by atoms with E-state index in [9.17, 15) is 8.42 Å². The van der Waals surface area contributed by atoms with Gasteiger partial charge in [-0.2, -0.15) is 0 Å². The molecule has 1 heterocycles. The second-order valence-corrected chi connectivity index (χ2v) is 8.84. The second kappa shape index (κ2) is 5.80. The van der Waals surface area contributed by atoms with Gasteiger partial charge in [-0.25, -0.2) is 13.1 Å². The van der Waals surface area contributed by atoms with Gasteiger partial charge in [0.25, 0.3) is 0 Å². The summed E-state index contributed by atoms with van der Waals surface area (Å²) in [6.07, 6.45) is 1.12. The van der Waals surface area contributed by atoms with E-state index in [0.717, 1.165) is 17.3 Å². The molecule has 1 aromatic carbocycles. The molecule has 0 atom stereocenters. The summed E-state index contributed by atoms with van der Waals surface area (Å²) in [5.41, 5.74) is 0.648. The molecule has 1 aromatic rings. The van der Waals surface area contributed by atoms with Crippen LogP contribution in [-0.4, -0.2) is 33.0 Å². The summed E-state index contributed by atoms with van der Waals surface area (Å²) in [4.78, 5) is 0. The highest BCUT2D eigenvalue weighted by molar-refractivity contribution is 7.88. The Morgan fingerprint density at radius 1 is 1.14 bits per heavy atom. The zero-order valence-corrected chi connectivity index (χ0v) is 15.0. The van der Waals surface area contributed by atoms with Gasteiger partial charge in [0.05, 0.1) is 17.5 Å². The third kappa shape index (κ3) is 4.03. The lowest BCUT2D eigenvalue weighted by Crippen LogP contribution is -2.41. The Labute approximate surface area is 137 Å². The highest BCUT2D eigenvalue weighted by Gasteiger charge is 2.51. The van der Waals surface area contributed by atoms with Crippen molar-refractivity contribution in [2.24, 2.45) is 0 Å². The van der Waals surface area contributed by atoms with Gasteiger partial charge >= 0.3 is 7.12 Å². The smallest absolute Gasteiger partial charge is 0.399 e. The SMILES string of the molecule is CC1(C)OB(c2cc(Cl)cc(CNS(C)(=O)=O)c2)OC1(C)C. The molecule has 1 saturated heterocycles. The van der Waals surface area contributed by atoms with Gasteiger partial charge in [0.15, 0.2) is 0 Å². The molecule has 0 aromatic heterocycles. The van der Waals surface area contributed by atoms with Crippen LogP contribution in [0, 0.1) is 0 Å². The molecule has 22 heavy (non-hydrogen) atoms. The van der Waals surface area contributed by atoms with Crippen LogP contribution in [0.1, 0.15) is 33.3 Å². The molecule has 0 saturated carbocycles. The second-order valence-electron chi connectivity index (χ2n) is 6.57. The van der Waals surface area contributed by atoms with Crippen molar-refractivity contribution in [2.75, 3.05) is 6.26 Å². The van der Waals surface area contributed by atoms with Crippen molar-refractivity contribution in [3.8, 4) is 0 Å². The minimum atomic E-state index is -3.26. The number of benzene rings is 1. The Morgan fingerprint density at radius 2 is 1.68 bits per heavy atom. The van der Waals surface area contributed by atoms with E-state index in [1.165, 1.54) is 0 Å². The van der Waals surface area contributed by atoms with E-state index in [2.05, 4.69) is 4.72 Å². The van der Waals surface area contributed by atoms with Crippen LogP contribution in [0.25, 0.3) is 0 Å². The number of nitrogens with one attached hydrogen (secondary N) is 1. The molecule has 0 radical (unpaired) electrons. The number of halogens is 1. The molecular weight excluding hydrogens is 324 g/mol. The summed E-state index contributed by atoms with van der Waals surface area (Å²) in [5, 5.41) is 0.512. The lowest BCUT2D eigenvalue weighted by atomic mass is 9.78. The fourth-order valence-electron chi connectivity index (χ4n) is 2.11. The van der Waals surface area contributed by atoms with Crippen LogP contribution in [0.2, 0.25) is 5.02 Å². The molecule has 1 N–H and O–H groups in total. The zero-order valence-electron chi connectivity index (χ0n) is 13.4. The van der Waals surface area contributed by atoms with E-state index >= 15 is 0 Å². The zero-order chi connectivity index (χ0) is 16.8. The molecule has 0 amide bonds. The fourth-order valence-corrected chi connectivity index (χ4v) is 2.80. The normalized spacial score (nSPS) is 20.4. The Bertz CT molecular complexity index is 659. The Hall–Kier alpha value is -0.595. The van der Waals surface area contributed by atoms with Crippen molar-refractivity contribution in [1.82, 2.24) is 4.72 Å². The summed E-state index contributed by atoms with van der Waals surface area (Å²) < 4.78 is 36.8. The monoisotopic (exact) mass is 345 g/mol. The van der Waals surface area contributed by atoms with Gasteiger partial charge in [-0.3, -0.25) is 0 Å². The van der Waals surface area contributed by atoms with Gasteiger partial charge in [-0.05, 0) is 50.9 Å². The standard InChI is InChI=1S/C14H21BClNO4S/c1-13(2)14(3,4)21-15(20-13)11-6-10(7-12(16)8-11)9-17-22(5,18)19/h6-8,17H,9H2,1-5H3. The van der Waals surface area contributed by atoms with Crippen LogP contribution in [0.4, 0.5) is 0 Å². The van der Waals surface area contributed by atoms with Gasteiger partial charge in [0, 0.05) is 11.6 Å². The summed E-state index contributed by atoms with van der Waals surface area (Å²) in [5.74, 6) is 0. The molecule has 0 aliphatic carbocycles. The molecule has 5 nitrogen and oxygen atoms in total. The molecule has 0 bridgehead atoms. The predicted octanol–water partition coefficient (Wildman–Crippen LogP) is 1.69. The van der Waals surface area contributed by atoms with Crippen LogP contribution in [0.15, 0.2) is 18.2 Å². The van der Waals surface area contributed by atoms with Crippen LogP contribution >= 0.6 is 11.6 Å². The summed E-state index contributed by atoms with van der Waals surface area (Å²) >= 11 is 6.13. The highest BCUT2D eigenvalue weighted by Crippen LogP contribution is 2.36. The fraction of sp³-hybridized carbons (Fsp3) is 0.571. The van der Waals surface area contributed by atoms with Crippen molar-refractivity contribution in [3.05, 3.63) is 28.8 Å². The van der Waals surface area contributed by atoms with E-state index in [0.29, 0.717) is 5.02 Å². The topological polar surface area (TPSA) is 64.6 Å². The van der Waals surface area contributed by atoms with Crippen LogP contribution in [0.3, 0.4) is 0 Å². The van der Waals surface area contributed by atoms with Gasteiger partial charge < -0.3 is 9.31 Å². The maximum atomic E-state index is 11.2. The van der Waals surface area contributed by atoms with Gasteiger partial charge in [0.2, 0.25) is 10.0 Å². The van der Waals surface area contributed by atoms with Crippen molar-refractivity contribution >= 4 is 34.2 Å². The highest BCUT2D eigenvalue weighted by atomic mass is 35.5. The van der Waals surface area contributed by atoms with E-state index in [-0.39, 0.29) is 6.54 Å². The summed E-state index contributed by atoms with van der Waals surface area (Å²) in [7, 11) is -3.79. The molecule has 122 valence electrons. The Balaban J connectivity index is 2.24. The average Bonchev–Trinajstić information content (AvgIpc) is 2.55. The third-order valence-corrected chi connectivity index (χ3v) is 4.93.